The molecule has 6 nitrogen and oxygen atoms in total. The fourth-order valence-corrected chi connectivity index (χ4v) is 5.17. The topological polar surface area (TPSA) is 99.1 Å². The second-order valence-corrected chi connectivity index (χ2v) is 8.80. The summed E-state index contributed by atoms with van der Waals surface area (Å²) in [5, 5.41) is 33.0. The van der Waals surface area contributed by atoms with Gasteiger partial charge in [-0.25, -0.2) is 0 Å². The highest BCUT2D eigenvalue weighted by Crippen LogP contribution is 2.44. The zero-order chi connectivity index (χ0) is 26.8. The molecule has 0 heterocycles. The number of fused-ring (bicyclic) bond motifs is 3. The Morgan fingerprint density at radius 1 is 0.436 bits per heavy atom. The average Bonchev–Trinajstić information content (AvgIpc) is 2.97. The third-order valence-electron chi connectivity index (χ3n) is 6.77. The molecule has 0 spiro atoms. The van der Waals surface area contributed by atoms with Gasteiger partial charge in [0.2, 0.25) is 0 Å². The fourth-order valence-electron chi connectivity index (χ4n) is 5.17. The first-order chi connectivity index (χ1) is 19.2. The van der Waals surface area contributed by atoms with Gasteiger partial charge in [-0.2, -0.15) is 0 Å². The van der Waals surface area contributed by atoms with Crippen molar-refractivity contribution >= 4 is 32.3 Å². The van der Waals surface area contributed by atoms with Crippen LogP contribution in [0.5, 0.6) is 17.2 Å². The molecule has 0 aromatic heterocycles. The molecule has 0 unspecified atom stereocenters. The molecule has 0 saturated heterocycles. The number of rotatable bonds is 5. The standard InChI is InChI=1S/C33H17N3O3/c34-18-37-23-12-10-21-4-1-6-25(30(21)16-23)27-14-15-29(33-28(27)8-3-9-32(33)39-20-36)26-7-2-5-22-11-13-24(38-19-35)17-31(22)26/h1-17H. The normalized spacial score (nSPS) is 10.5. The Labute approximate surface area is 223 Å². The van der Waals surface area contributed by atoms with Crippen molar-refractivity contribution in [3.8, 4) is 58.3 Å². The first-order valence-corrected chi connectivity index (χ1v) is 12.0. The largest absolute Gasteiger partial charge is 0.388 e. The molecule has 6 aromatic rings. The van der Waals surface area contributed by atoms with Gasteiger partial charge >= 0.3 is 0 Å². The number of benzene rings is 6. The molecular weight excluding hydrogens is 486 g/mol. The monoisotopic (exact) mass is 503 g/mol. The molecule has 0 amide bonds. The molecule has 0 aliphatic carbocycles. The van der Waals surface area contributed by atoms with Crippen LogP contribution in [0.4, 0.5) is 0 Å². The minimum atomic E-state index is 0.432. The summed E-state index contributed by atoms with van der Waals surface area (Å²) in [4.78, 5) is 0. The van der Waals surface area contributed by atoms with Gasteiger partial charge in [-0.05, 0) is 79.5 Å². The molecule has 182 valence electrons. The van der Waals surface area contributed by atoms with Gasteiger partial charge in [0, 0.05) is 5.39 Å². The van der Waals surface area contributed by atoms with E-state index in [0.717, 1.165) is 54.6 Å². The maximum Gasteiger partial charge on any atom is 0.292 e. The molecule has 0 atom stereocenters. The Morgan fingerprint density at radius 3 is 1.54 bits per heavy atom. The van der Waals surface area contributed by atoms with E-state index >= 15 is 0 Å². The summed E-state index contributed by atoms with van der Waals surface area (Å²) in [6, 6.07) is 32.7. The zero-order valence-corrected chi connectivity index (χ0v) is 20.4. The Bertz CT molecular complexity index is 2050. The molecule has 0 N–H and O–H groups in total. The first kappa shape index (κ1) is 23.4. The SMILES string of the molecule is N#COc1ccc2cccc(-c3ccc(-c4cccc5ccc(OC#N)cc45)c4c(OC#N)cccc34)c2c1. The molecule has 39 heavy (non-hydrogen) atoms. The molecule has 0 aliphatic rings. The number of nitriles is 3. The van der Waals surface area contributed by atoms with Crippen LogP contribution in [-0.2, 0) is 0 Å². The molecule has 6 aromatic carbocycles. The van der Waals surface area contributed by atoms with E-state index in [1.54, 1.807) is 30.7 Å². The summed E-state index contributed by atoms with van der Waals surface area (Å²) >= 11 is 0. The Kier molecular flexibility index (Phi) is 5.87. The Hall–Kier alpha value is -6.03. The molecule has 0 saturated carbocycles. The van der Waals surface area contributed by atoms with E-state index in [4.69, 9.17) is 24.7 Å². The smallest absolute Gasteiger partial charge is 0.292 e. The van der Waals surface area contributed by atoms with Crippen molar-refractivity contribution in [2.75, 3.05) is 0 Å². The van der Waals surface area contributed by atoms with Crippen molar-refractivity contribution in [1.29, 1.82) is 15.8 Å². The minimum absolute atomic E-state index is 0.432. The summed E-state index contributed by atoms with van der Waals surface area (Å²) < 4.78 is 15.7. The predicted molar refractivity (Wildman–Crippen MR) is 149 cm³/mol. The van der Waals surface area contributed by atoms with E-state index in [1.807, 2.05) is 85.1 Å². The second kappa shape index (κ2) is 9.79. The molecular formula is C33H17N3O3. The maximum atomic E-state index is 9.46. The Morgan fingerprint density at radius 2 is 0.949 bits per heavy atom. The number of nitrogens with zero attached hydrogens (tertiary/aromatic N) is 3. The lowest BCUT2D eigenvalue weighted by atomic mass is 9.88. The van der Waals surface area contributed by atoms with E-state index < -0.39 is 0 Å². The maximum absolute atomic E-state index is 9.46. The highest BCUT2D eigenvalue weighted by Gasteiger charge is 2.17. The van der Waals surface area contributed by atoms with E-state index in [9.17, 15) is 5.26 Å². The van der Waals surface area contributed by atoms with Crippen LogP contribution in [0, 0.1) is 34.6 Å². The van der Waals surface area contributed by atoms with Crippen LogP contribution in [0.15, 0.2) is 103 Å². The van der Waals surface area contributed by atoms with Crippen LogP contribution in [-0.4, -0.2) is 0 Å². The summed E-state index contributed by atoms with van der Waals surface area (Å²) in [7, 11) is 0. The van der Waals surface area contributed by atoms with Crippen LogP contribution in [0.25, 0.3) is 54.6 Å². The lowest BCUT2D eigenvalue weighted by Crippen LogP contribution is -1.92. The van der Waals surface area contributed by atoms with Crippen LogP contribution in [0.2, 0.25) is 0 Å². The van der Waals surface area contributed by atoms with E-state index in [-0.39, 0.29) is 0 Å². The van der Waals surface area contributed by atoms with Crippen LogP contribution < -0.4 is 14.2 Å². The van der Waals surface area contributed by atoms with E-state index in [0.29, 0.717) is 17.2 Å². The molecule has 0 bridgehead atoms. The van der Waals surface area contributed by atoms with Gasteiger partial charge in [0.15, 0.2) is 5.75 Å². The number of hydrogen-bond acceptors (Lipinski definition) is 6. The van der Waals surface area contributed by atoms with Gasteiger partial charge in [-0.1, -0.05) is 72.8 Å². The van der Waals surface area contributed by atoms with Crippen molar-refractivity contribution in [3.63, 3.8) is 0 Å². The fraction of sp³-hybridized carbons (Fsp3) is 0. The molecule has 0 fully saturated rings. The first-order valence-electron chi connectivity index (χ1n) is 12.0. The summed E-state index contributed by atoms with van der Waals surface area (Å²) in [6.45, 7) is 0. The van der Waals surface area contributed by atoms with Crippen molar-refractivity contribution < 1.29 is 14.2 Å². The van der Waals surface area contributed by atoms with Crippen molar-refractivity contribution in [2.45, 2.75) is 0 Å². The highest BCUT2D eigenvalue weighted by atomic mass is 16.5. The van der Waals surface area contributed by atoms with Gasteiger partial charge in [-0.15, -0.1) is 15.8 Å². The third kappa shape index (κ3) is 4.07. The summed E-state index contributed by atoms with van der Waals surface area (Å²) in [5.41, 5.74) is 3.66. The van der Waals surface area contributed by atoms with Gasteiger partial charge in [0.05, 0.1) is 0 Å². The summed E-state index contributed by atoms with van der Waals surface area (Å²) in [6.07, 6.45) is 5.29. The number of ether oxygens (including phenoxy) is 3. The quantitative estimate of drug-likeness (QED) is 0.221. The summed E-state index contributed by atoms with van der Waals surface area (Å²) in [5.74, 6) is 1.33. The highest BCUT2D eigenvalue weighted by molar-refractivity contribution is 6.14. The molecule has 6 heteroatoms. The lowest BCUT2D eigenvalue weighted by molar-refractivity contribution is 0.508. The van der Waals surface area contributed by atoms with Gasteiger partial charge < -0.3 is 14.2 Å². The molecule has 6 rings (SSSR count). The zero-order valence-electron chi connectivity index (χ0n) is 20.4. The second-order valence-electron chi connectivity index (χ2n) is 8.80. The predicted octanol–water partition coefficient (Wildman–Crippen LogP) is 8.06. The number of hydrogen-bond donors (Lipinski definition) is 0. The Balaban J connectivity index is 1.67. The lowest BCUT2D eigenvalue weighted by Gasteiger charge is -2.17. The average molecular weight is 504 g/mol. The van der Waals surface area contributed by atoms with Crippen molar-refractivity contribution in [3.05, 3.63) is 103 Å². The molecule has 0 aliphatic heterocycles. The van der Waals surface area contributed by atoms with Gasteiger partial charge in [-0.3, -0.25) is 0 Å². The minimum Gasteiger partial charge on any atom is -0.388 e. The van der Waals surface area contributed by atoms with Crippen molar-refractivity contribution in [1.82, 2.24) is 0 Å². The van der Waals surface area contributed by atoms with Crippen molar-refractivity contribution in [2.24, 2.45) is 0 Å². The van der Waals surface area contributed by atoms with Crippen LogP contribution in [0.3, 0.4) is 0 Å². The van der Waals surface area contributed by atoms with E-state index in [2.05, 4.69) is 6.07 Å². The third-order valence-corrected chi connectivity index (χ3v) is 6.77. The molecule has 0 radical (unpaired) electrons. The van der Waals surface area contributed by atoms with Crippen LogP contribution >= 0.6 is 0 Å². The van der Waals surface area contributed by atoms with E-state index in [1.165, 1.54) is 0 Å². The van der Waals surface area contributed by atoms with Crippen LogP contribution in [0.1, 0.15) is 0 Å². The van der Waals surface area contributed by atoms with Gasteiger partial charge in [0.25, 0.3) is 18.8 Å². The van der Waals surface area contributed by atoms with Gasteiger partial charge in [0.1, 0.15) is 11.5 Å².